The zero-order chi connectivity index (χ0) is 14.1. The lowest BCUT2D eigenvalue weighted by molar-refractivity contribution is -0.117. The van der Waals surface area contributed by atoms with Gasteiger partial charge in [-0.05, 0) is 24.1 Å². The van der Waals surface area contributed by atoms with Crippen molar-refractivity contribution in [2.24, 2.45) is 5.92 Å². The van der Waals surface area contributed by atoms with E-state index in [2.05, 4.69) is 31.4 Å². The van der Waals surface area contributed by atoms with Gasteiger partial charge in [0.05, 0.1) is 0 Å². The van der Waals surface area contributed by atoms with Crippen LogP contribution in [0.2, 0.25) is 0 Å². The minimum atomic E-state index is 0.116. The van der Waals surface area contributed by atoms with Crippen LogP contribution in [-0.4, -0.2) is 12.5 Å². The van der Waals surface area contributed by atoms with Gasteiger partial charge < -0.3 is 10.6 Å². The number of benzene rings is 1. The molecule has 0 bridgehead atoms. The van der Waals surface area contributed by atoms with E-state index in [1.165, 1.54) is 0 Å². The molecule has 0 aromatic heterocycles. The summed E-state index contributed by atoms with van der Waals surface area (Å²) in [6.45, 7) is 8.08. The molecular weight excluding hydrogens is 236 g/mol. The largest absolute Gasteiger partial charge is 0.326 e. The predicted molar refractivity (Wildman–Crippen MR) is 81.1 cm³/mol. The molecule has 0 aliphatic rings. The smallest absolute Gasteiger partial charge is 0.224 e. The number of amides is 1. The summed E-state index contributed by atoms with van der Waals surface area (Å²) in [6, 6.07) is 7.98. The van der Waals surface area contributed by atoms with Gasteiger partial charge in [0, 0.05) is 18.7 Å². The lowest BCUT2D eigenvalue weighted by atomic mass is 10.0. The maximum Gasteiger partial charge on any atom is 0.224 e. The van der Waals surface area contributed by atoms with Crippen molar-refractivity contribution in [1.82, 2.24) is 5.32 Å². The number of nitrogens with one attached hydrogen (secondary N) is 2. The summed E-state index contributed by atoms with van der Waals surface area (Å²) in [5, 5.41) is 6.32. The van der Waals surface area contributed by atoms with Gasteiger partial charge >= 0.3 is 0 Å². The highest BCUT2D eigenvalue weighted by atomic mass is 16.1. The van der Waals surface area contributed by atoms with Gasteiger partial charge in [-0.25, -0.2) is 0 Å². The van der Waals surface area contributed by atoms with Crippen LogP contribution < -0.4 is 10.6 Å². The van der Waals surface area contributed by atoms with E-state index in [9.17, 15) is 4.79 Å². The first-order valence-electron chi connectivity index (χ1n) is 7.25. The number of para-hydroxylation sites is 1. The molecule has 2 N–H and O–H groups in total. The van der Waals surface area contributed by atoms with Gasteiger partial charge in [0.15, 0.2) is 0 Å². The van der Waals surface area contributed by atoms with E-state index in [0.717, 1.165) is 37.2 Å². The Morgan fingerprint density at radius 2 is 2.00 bits per heavy atom. The van der Waals surface area contributed by atoms with Crippen LogP contribution in [0.15, 0.2) is 24.3 Å². The van der Waals surface area contributed by atoms with Crippen molar-refractivity contribution in [1.29, 1.82) is 0 Å². The number of rotatable bonds is 8. The normalized spacial score (nSPS) is 12.2. The summed E-state index contributed by atoms with van der Waals surface area (Å²) in [7, 11) is 0. The van der Waals surface area contributed by atoms with Gasteiger partial charge in [-0.15, -0.1) is 0 Å². The van der Waals surface area contributed by atoms with Crippen LogP contribution in [0.25, 0.3) is 0 Å². The first kappa shape index (κ1) is 15.7. The zero-order valence-corrected chi connectivity index (χ0v) is 12.3. The minimum Gasteiger partial charge on any atom is -0.326 e. The van der Waals surface area contributed by atoms with Crippen LogP contribution in [0.1, 0.15) is 45.6 Å². The van der Waals surface area contributed by atoms with Crippen molar-refractivity contribution in [2.75, 3.05) is 11.9 Å². The highest BCUT2D eigenvalue weighted by Crippen LogP contribution is 2.17. The quantitative estimate of drug-likeness (QED) is 0.752. The Bertz CT molecular complexity index is 390. The van der Waals surface area contributed by atoms with Crippen molar-refractivity contribution >= 4 is 11.6 Å². The maximum atomic E-state index is 12.0. The van der Waals surface area contributed by atoms with Crippen LogP contribution in [0.4, 0.5) is 5.69 Å². The Hall–Kier alpha value is -1.35. The van der Waals surface area contributed by atoms with Crippen LogP contribution in [-0.2, 0) is 11.3 Å². The molecule has 3 heteroatoms. The van der Waals surface area contributed by atoms with Gasteiger partial charge in [-0.1, -0.05) is 51.8 Å². The van der Waals surface area contributed by atoms with Crippen molar-refractivity contribution < 1.29 is 4.79 Å². The molecule has 1 aromatic carbocycles. The number of hydrogen-bond donors (Lipinski definition) is 2. The molecule has 1 atom stereocenters. The summed E-state index contributed by atoms with van der Waals surface area (Å²) >= 11 is 0. The summed E-state index contributed by atoms with van der Waals surface area (Å²) in [6.07, 6.45) is 2.83. The van der Waals surface area contributed by atoms with Gasteiger partial charge in [0.1, 0.15) is 0 Å². The Morgan fingerprint density at radius 1 is 1.26 bits per heavy atom. The highest BCUT2D eigenvalue weighted by Gasteiger charge is 2.10. The van der Waals surface area contributed by atoms with Crippen molar-refractivity contribution in [3.8, 4) is 0 Å². The van der Waals surface area contributed by atoms with Gasteiger partial charge in [-0.2, -0.15) is 0 Å². The molecule has 1 rings (SSSR count). The van der Waals surface area contributed by atoms with E-state index < -0.39 is 0 Å². The van der Waals surface area contributed by atoms with Crippen LogP contribution in [0.3, 0.4) is 0 Å². The topological polar surface area (TPSA) is 41.1 Å². The third-order valence-electron chi connectivity index (χ3n) is 3.17. The van der Waals surface area contributed by atoms with Gasteiger partial charge in [0.2, 0.25) is 5.91 Å². The Kier molecular flexibility index (Phi) is 7.19. The Labute approximate surface area is 116 Å². The average Bonchev–Trinajstić information content (AvgIpc) is 2.37. The fraction of sp³-hybridized carbons (Fsp3) is 0.562. The van der Waals surface area contributed by atoms with Crippen LogP contribution in [0.5, 0.6) is 0 Å². The molecule has 106 valence electrons. The molecule has 1 aromatic rings. The Morgan fingerprint density at radius 3 is 2.68 bits per heavy atom. The molecule has 0 spiro atoms. The van der Waals surface area contributed by atoms with E-state index in [1.54, 1.807) is 0 Å². The summed E-state index contributed by atoms with van der Waals surface area (Å²) in [5.41, 5.74) is 2.07. The standard InChI is InChI=1S/C16H26N2O/c1-4-8-13(3)11-16(19)18-15-10-7-6-9-14(15)12-17-5-2/h6-7,9-10,13,17H,4-5,8,11-12H2,1-3H3,(H,18,19). The lowest BCUT2D eigenvalue weighted by Gasteiger charge is -2.13. The van der Waals surface area contributed by atoms with E-state index in [4.69, 9.17) is 0 Å². The number of carbonyl (C=O) groups is 1. The number of hydrogen-bond acceptors (Lipinski definition) is 2. The number of anilines is 1. The first-order valence-corrected chi connectivity index (χ1v) is 7.25. The van der Waals surface area contributed by atoms with E-state index in [0.29, 0.717) is 12.3 Å². The maximum absolute atomic E-state index is 12.0. The molecule has 0 saturated carbocycles. The molecule has 0 radical (unpaired) electrons. The predicted octanol–water partition coefficient (Wildman–Crippen LogP) is 3.56. The van der Waals surface area contributed by atoms with Crippen molar-refractivity contribution in [3.05, 3.63) is 29.8 Å². The molecule has 0 aliphatic heterocycles. The molecule has 0 heterocycles. The molecule has 0 fully saturated rings. The van der Waals surface area contributed by atoms with Gasteiger partial charge in [-0.3, -0.25) is 4.79 Å². The zero-order valence-electron chi connectivity index (χ0n) is 12.3. The molecular formula is C16H26N2O. The number of carbonyl (C=O) groups excluding carboxylic acids is 1. The third kappa shape index (κ3) is 5.88. The van der Waals surface area contributed by atoms with E-state index in [1.807, 2.05) is 24.3 Å². The van der Waals surface area contributed by atoms with Gasteiger partial charge in [0.25, 0.3) is 0 Å². The summed E-state index contributed by atoms with van der Waals surface area (Å²) in [5.74, 6) is 0.566. The van der Waals surface area contributed by atoms with Crippen molar-refractivity contribution in [3.63, 3.8) is 0 Å². The van der Waals surface area contributed by atoms with Crippen LogP contribution in [0, 0.1) is 5.92 Å². The second-order valence-corrected chi connectivity index (χ2v) is 5.08. The lowest BCUT2D eigenvalue weighted by Crippen LogP contribution is -2.18. The Balaban J connectivity index is 2.58. The van der Waals surface area contributed by atoms with E-state index >= 15 is 0 Å². The molecule has 1 amide bonds. The summed E-state index contributed by atoms with van der Waals surface area (Å²) in [4.78, 5) is 12.0. The SMILES string of the molecule is CCCC(C)CC(=O)Nc1ccccc1CNCC. The summed E-state index contributed by atoms with van der Waals surface area (Å²) < 4.78 is 0. The molecule has 0 saturated heterocycles. The third-order valence-corrected chi connectivity index (χ3v) is 3.17. The molecule has 19 heavy (non-hydrogen) atoms. The monoisotopic (exact) mass is 262 g/mol. The second-order valence-electron chi connectivity index (χ2n) is 5.08. The average molecular weight is 262 g/mol. The fourth-order valence-corrected chi connectivity index (χ4v) is 2.17. The van der Waals surface area contributed by atoms with Crippen LogP contribution >= 0.6 is 0 Å². The van der Waals surface area contributed by atoms with Crippen molar-refractivity contribution in [2.45, 2.75) is 46.6 Å². The fourth-order valence-electron chi connectivity index (χ4n) is 2.17. The molecule has 3 nitrogen and oxygen atoms in total. The first-order chi connectivity index (χ1) is 9.17. The minimum absolute atomic E-state index is 0.116. The second kappa shape index (κ2) is 8.70. The molecule has 0 aliphatic carbocycles. The highest BCUT2D eigenvalue weighted by molar-refractivity contribution is 5.91. The van der Waals surface area contributed by atoms with E-state index in [-0.39, 0.29) is 5.91 Å². The molecule has 1 unspecified atom stereocenters.